The molecule has 1 saturated heterocycles. The van der Waals surface area contributed by atoms with E-state index < -0.39 is 0 Å². The van der Waals surface area contributed by atoms with Crippen molar-refractivity contribution >= 4 is 23.1 Å². The highest BCUT2D eigenvalue weighted by atomic mass is 32.2. The zero-order valence-corrected chi connectivity index (χ0v) is 12.7. The second-order valence-corrected chi connectivity index (χ2v) is 8.12. The molecule has 3 heterocycles. The number of thioether (sulfide) groups is 1. The highest BCUT2D eigenvalue weighted by Crippen LogP contribution is 2.44. The molecule has 4 atom stereocenters. The Morgan fingerprint density at radius 2 is 2.28 bits per heavy atom. The average Bonchev–Trinajstić information content (AvgIpc) is 2.80. The lowest BCUT2D eigenvalue weighted by atomic mass is 9.94. The number of rotatable bonds is 2. The van der Waals surface area contributed by atoms with Crippen LogP contribution in [0.4, 0.5) is 0 Å². The maximum atomic E-state index is 5.53. The van der Waals surface area contributed by atoms with Gasteiger partial charge in [-0.15, -0.1) is 23.1 Å². The topological polar surface area (TPSA) is 21.3 Å². The van der Waals surface area contributed by atoms with Crippen LogP contribution in [0.2, 0.25) is 0 Å². The van der Waals surface area contributed by atoms with Crippen LogP contribution < -0.4 is 5.32 Å². The lowest BCUT2D eigenvalue weighted by molar-refractivity contribution is 0.0353. The molecule has 3 rings (SSSR count). The number of ether oxygens (including phenoxy) is 1. The highest BCUT2D eigenvalue weighted by Gasteiger charge is 2.30. The van der Waals surface area contributed by atoms with Crippen LogP contribution in [0.3, 0.4) is 0 Å². The van der Waals surface area contributed by atoms with Crippen molar-refractivity contribution in [2.45, 2.75) is 48.2 Å². The lowest BCUT2D eigenvalue weighted by Gasteiger charge is -2.36. The lowest BCUT2D eigenvalue weighted by Crippen LogP contribution is -2.44. The van der Waals surface area contributed by atoms with Gasteiger partial charge in [-0.3, -0.25) is 0 Å². The van der Waals surface area contributed by atoms with Gasteiger partial charge >= 0.3 is 0 Å². The maximum absolute atomic E-state index is 5.53. The number of hydrogen-bond donors (Lipinski definition) is 1. The predicted octanol–water partition coefficient (Wildman–Crippen LogP) is 3.69. The summed E-state index contributed by atoms with van der Waals surface area (Å²) in [5.74, 6) is 0.630. The molecule has 0 saturated carbocycles. The Hall–Kier alpha value is -0.0300. The number of thiophene rings is 1. The predicted molar refractivity (Wildman–Crippen MR) is 78.5 cm³/mol. The number of hydrogen-bond acceptors (Lipinski definition) is 4. The molecule has 0 radical (unpaired) electrons. The van der Waals surface area contributed by atoms with Crippen LogP contribution in [0, 0.1) is 5.92 Å². The Kier molecular flexibility index (Phi) is 3.99. The standard InChI is InChI=1S/C14H21NOS2/c1-9-8-16-5-3-12(9)15-13-7-10(2)18-14-11(13)4-6-17-14/h4,6,9-10,12-13,15H,3,5,7-8H2,1-2H3/t9?,10-,12?,13?/m0/s1. The minimum absolute atomic E-state index is 0.549. The van der Waals surface area contributed by atoms with E-state index in [0.29, 0.717) is 18.0 Å². The number of fused-ring (bicyclic) bond motifs is 1. The van der Waals surface area contributed by atoms with Gasteiger partial charge in [-0.05, 0) is 35.8 Å². The van der Waals surface area contributed by atoms with Crippen molar-refractivity contribution in [2.24, 2.45) is 5.92 Å². The molecule has 4 heteroatoms. The fraction of sp³-hybridized carbons (Fsp3) is 0.714. The molecule has 2 nitrogen and oxygen atoms in total. The third-order valence-corrected chi connectivity index (χ3v) is 6.31. The summed E-state index contributed by atoms with van der Waals surface area (Å²) in [4.78, 5) is 0. The van der Waals surface area contributed by atoms with E-state index in [1.165, 1.54) is 16.2 Å². The first-order chi connectivity index (χ1) is 8.74. The van der Waals surface area contributed by atoms with Crippen LogP contribution in [0.15, 0.2) is 15.7 Å². The normalized spacial score (nSPS) is 36.3. The largest absolute Gasteiger partial charge is 0.381 e. The Morgan fingerprint density at radius 3 is 3.11 bits per heavy atom. The van der Waals surface area contributed by atoms with Gasteiger partial charge in [0.15, 0.2) is 0 Å². The Labute approximate surface area is 117 Å². The van der Waals surface area contributed by atoms with Crippen molar-refractivity contribution in [1.29, 1.82) is 0 Å². The van der Waals surface area contributed by atoms with Gasteiger partial charge in [0, 0.05) is 23.9 Å². The van der Waals surface area contributed by atoms with Gasteiger partial charge in [0.25, 0.3) is 0 Å². The van der Waals surface area contributed by atoms with Crippen molar-refractivity contribution in [3.63, 3.8) is 0 Å². The van der Waals surface area contributed by atoms with E-state index in [1.54, 1.807) is 0 Å². The zero-order valence-electron chi connectivity index (χ0n) is 11.0. The van der Waals surface area contributed by atoms with Crippen LogP contribution in [-0.2, 0) is 4.74 Å². The molecule has 100 valence electrons. The molecule has 1 fully saturated rings. The summed E-state index contributed by atoms with van der Waals surface area (Å²) in [5, 5.41) is 6.85. The van der Waals surface area contributed by atoms with Gasteiger partial charge in [-0.25, -0.2) is 0 Å². The molecule has 1 N–H and O–H groups in total. The van der Waals surface area contributed by atoms with E-state index >= 15 is 0 Å². The van der Waals surface area contributed by atoms with E-state index in [9.17, 15) is 0 Å². The minimum atomic E-state index is 0.549. The molecule has 0 amide bonds. The molecule has 0 spiro atoms. The number of nitrogens with one attached hydrogen (secondary N) is 1. The van der Waals surface area contributed by atoms with E-state index in [4.69, 9.17) is 4.74 Å². The van der Waals surface area contributed by atoms with E-state index in [-0.39, 0.29) is 0 Å². The summed E-state index contributed by atoms with van der Waals surface area (Å²) >= 11 is 3.93. The molecule has 2 aliphatic rings. The first-order valence-corrected chi connectivity index (χ1v) is 8.58. The molecular formula is C14H21NOS2. The average molecular weight is 283 g/mol. The van der Waals surface area contributed by atoms with Crippen molar-refractivity contribution in [1.82, 2.24) is 5.32 Å². The van der Waals surface area contributed by atoms with Crippen LogP contribution in [0.1, 0.15) is 38.3 Å². The van der Waals surface area contributed by atoms with E-state index in [2.05, 4.69) is 30.6 Å². The van der Waals surface area contributed by atoms with Gasteiger partial charge in [0.2, 0.25) is 0 Å². The SMILES string of the molecule is CC1COCCC1NC1C[C@H](C)Sc2sccc21. The Morgan fingerprint density at radius 1 is 1.39 bits per heavy atom. The molecule has 0 bridgehead atoms. The first-order valence-electron chi connectivity index (χ1n) is 6.82. The van der Waals surface area contributed by atoms with Gasteiger partial charge in [-0.1, -0.05) is 13.8 Å². The zero-order chi connectivity index (χ0) is 12.5. The third kappa shape index (κ3) is 2.62. The summed E-state index contributed by atoms with van der Waals surface area (Å²) in [6.07, 6.45) is 2.40. The summed E-state index contributed by atoms with van der Waals surface area (Å²) in [5.41, 5.74) is 1.53. The summed E-state index contributed by atoms with van der Waals surface area (Å²) < 4.78 is 7.05. The minimum Gasteiger partial charge on any atom is -0.381 e. The molecule has 1 aromatic heterocycles. The van der Waals surface area contributed by atoms with Gasteiger partial charge in [0.05, 0.1) is 10.8 Å². The molecule has 0 aliphatic carbocycles. The molecule has 1 aromatic rings. The molecule has 18 heavy (non-hydrogen) atoms. The summed E-state index contributed by atoms with van der Waals surface area (Å²) in [7, 11) is 0. The molecule has 2 aliphatic heterocycles. The van der Waals surface area contributed by atoms with Crippen LogP contribution >= 0.6 is 23.1 Å². The smallest absolute Gasteiger partial charge is 0.0649 e. The van der Waals surface area contributed by atoms with Crippen molar-refractivity contribution in [2.75, 3.05) is 13.2 Å². The van der Waals surface area contributed by atoms with Crippen LogP contribution in [-0.4, -0.2) is 24.5 Å². The van der Waals surface area contributed by atoms with Gasteiger partial charge in [-0.2, -0.15) is 0 Å². The summed E-state index contributed by atoms with van der Waals surface area (Å²) in [6.45, 7) is 6.46. The van der Waals surface area contributed by atoms with E-state index in [0.717, 1.165) is 24.9 Å². The van der Waals surface area contributed by atoms with Crippen molar-refractivity contribution in [3.8, 4) is 0 Å². The van der Waals surface area contributed by atoms with Crippen molar-refractivity contribution < 1.29 is 4.74 Å². The van der Waals surface area contributed by atoms with Crippen LogP contribution in [0.25, 0.3) is 0 Å². The van der Waals surface area contributed by atoms with Crippen molar-refractivity contribution in [3.05, 3.63) is 17.0 Å². The highest BCUT2D eigenvalue weighted by molar-refractivity contribution is 8.01. The maximum Gasteiger partial charge on any atom is 0.0649 e. The monoisotopic (exact) mass is 283 g/mol. The molecular weight excluding hydrogens is 262 g/mol. The van der Waals surface area contributed by atoms with E-state index in [1.807, 2.05) is 23.1 Å². The second kappa shape index (κ2) is 5.53. The molecule has 0 aromatic carbocycles. The molecule has 3 unspecified atom stereocenters. The van der Waals surface area contributed by atoms with Crippen LogP contribution in [0.5, 0.6) is 0 Å². The Bertz CT molecular complexity index is 406. The van der Waals surface area contributed by atoms with Gasteiger partial charge < -0.3 is 10.1 Å². The second-order valence-electron chi connectivity index (χ2n) is 5.49. The van der Waals surface area contributed by atoms with Gasteiger partial charge in [0.1, 0.15) is 0 Å². The Balaban J connectivity index is 1.73. The summed E-state index contributed by atoms with van der Waals surface area (Å²) in [6, 6.07) is 3.47. The fourth-order valence-corrected chi connectivity index (χ4v) is 5.46. The third-order valence-electron chi connectivity index (χ3n) is 3.97. The quantitative estimate of drug-likeness (QED) is 0.894. The fourth-order valence-electron chi connectivity index (χ4n) is 2.89. The first kappa shape index (κ1) is 13.0.